The number of non-ortho nitro benzene ring substituents is 2. The highest BCUT2D eigenvalue weighted by atomic mass is 127. The van der Waals surface area contributed by atoms with Crippen LogP contribution in [-0.2, 0) is 17.8 Å². The zero-order valence-electron chi connectivity index (χ0n) is 18.3. The fourth-order valence-electron chi connectivity index (χ4n) is 2.96. The van der Waals surface area contributed by atoms with Crippen molar-refractivity contribution in [1.82, 2.24) is 5.43 Å². The Bertz CT molecular complexity index is 1260. The molecule has 0 radical (unpaired) electrons. The molecule has 0 spiro atoms. The molecule has 0 saturated carbocycles. The average Bonchev–Trinajstić information content (AvgIpc) is 2.83. The summed E-state index contributed by atoms with van der Waals surface area (Å²) in [7, 11) is 1.50. The number of nitro benzene ring substituents is 2. The quantitative estimate of drug-likeness (QED) is 0.160. The van der Waals surface area contributed by atoms with Crippen molar-refractivity contribution in [3.63, 3.8) is 0 Å². The van der Waals surface area contributed by atoms with Crippen molar-refractivity contribution in [1.29, 1.82) is 0 Å². The second-order valence-corrected chi connectivity index (χ2v) is 8.30. The maximum atomic E-state index is 12.1. The van der Waals surface area contributed by atoms with E-state index in [1.807, 2.05) is 0 Å². The van der Waals surface area contributed by atoms with E-state index in [2.05, 4.69) is 33.1 Å². The molecule has 12 heteroatoms. The number of carbonyl (C=O) groups is 1. The minimum Gasteiger partial charge on any atom is -0.493 e. The second kappa shape index (κ2) is 11.9. The molecule has 1 amide bonds. The summed E-state index contributed by atoms with van der Waals surface area (Å²) >= 11 is 2.09. The van der Waals surface area contributed by atoms with Gasteiger partial charge in [0, 0.05) is 24.3 Å². The monoisotopic (exact) mass is 590 g/mol. The van der Waals surface area contributed by atoms with Crippen molar-refractivity contribution in [3.8, 4) is 11.5 Å². The van der Waals surface area contributed by atoms with Gasteiger partial charge in [-0.15, -0.1) is 0 Å². The molecule has 0 unspecified atom stereocenters. The Balaban J connectivity index is 1.60. The number of halogens is 1. The van der Waals surface area contributed by atoms with Gasteiger partial charge in [0.2, 0.25) is 5.91 Å². The van der Waals surface area contributed by atoms with Gasteiger partial charge >= 0.3 is 0 Å². The Morgan fingerprint density at radius 3 is 2.11 bits per heavy atom. The number of amides is 1. The van der Waals surface area contributed by atoms with Crippen LogP contribution >= 0.6 is 22.6 Å². The number of hydrazone groups is 1. The first-order valence-corrected chi connectivity index (χ1v) is 11.1. The molecule has 11 nitrogen and oxygen atoms in total. The van der Waals surface area contributed by atoms with Crippen LogP contribution in [0.4, 0.5) is 11.4 Å². The van der Waals surface area contributed by atoms with E-state index in [1.54, 1.807) is 24.3 Å². The molecule has 0 fully saturated rings. The Labute approximate surface area is 213 Å². The normalized spacial score (nSPS) is 10.7. The number of carbonyl (C=O) groups excluding carboxylic acids is 1. The Morgan fingerprint density at radius 1 is 1.00 bits per heavy atom. The first-order chi connectivity index (χ1) is 16.8. The van der Waals surface area contributed by atoms with E-state index in [9.17, 15) is 25.0 Å². The predicted octanol–water partition coefficient (Wildman–Crippen LogP) is 4.39. The van der Waals surface area contributed by atoms with E-state index in [1.165, 1.54) is 49.7 Å². The van der Waals surface area contributed by atoms with Gasteiger partial charge in [0.05, 0.1) is 33.2 Å². The van der Waals surface area contributed by atoms with Crippen LogP contribution in [0, 0.1) is 23.8 Å². The third-order valence-corrected chi connectivity index (χ3v) is 5.50. The third-order valence-electron chi connectivity index (χ3n) is 4.70. The standard InChI is InChI=1S/C23H19IN4O7/c1-34-21-11-17(13-25-26-22(29)12-15-2-6-18(7-3-15)27(30)31)10-20(24)23(21)35-14-16-4-8-19(9-5-16)28(32)33/h2-11,13H,12,14H2,1H3,(H,26,29)/b25-13-. The first kappa shape index (κ1) is 25.6. The first-order valence-electron chi connectivity index (χ1n) is 10.1. The summed E-state index contributed by atoms with van der Waals surface area (Å²) < 4.78 is 12.0. The maximum Gasteiger partial charge on any atom is 0.269 e. The molecule has 3 aromatic carbocycles. The predicted molar refractivity (Wildman–Crippen MR) is 136 cm³/mol. The van der Waals surface area contributed by atoms with Gasteiger partial charge in [-0.05, 0) is 63.5 Å². The van der Waals surface area contributed by atoms with E-state index in [-0.39, 0.29) is 30.3 Å². The lowest BCUT2D eigenvalue weighted by atomic mass is 10.1. The molecule has 0 aliphatic carbocycles. The highest BCUT2D eigenvalue weighted by Gasteiger charge is 2.13. The van der Waals surface area contributed by atoms with Crippen LogP contribution in [0.1, 0.15) is 16.7 Å². The number of hydrogen-bond donors (Lipinski definition) is 1. The Morgan fingerprint density at radius 2 is 1.57 bits per heavy atom. The number of nitro groups is 2. The van der Waals surface area contributed by atoms with Gasteiger partial charge in [-0.25, -0.2) is 5.43 Å². The van der Waals surface area contributed by atoms with Gasteiger partial charge in [-0.2, -0.15) is 5.10 Å². The van der Waals surface area contributed by atoms with Crippen molar-refractivity contribution in [2.24, 2.45) is 5.10 Å². The fraction of sp³-hybridized carbons (Fsp3) is 0.130. The molecular formula is C23H19IN4O7. The minimum atomic E-state index is -0.504. The average molecular weight is 590 g/mol. The number of methoxy groups -OCH3 is 1. The van der Waals surface area contributed by atoms with Gasteiger partial charge in [0.15, 0.2) is 11.5 Å². The van der Waals surface area contributed by atoms with Crippen LogP contribution in [0.2, 0.25) is 0 Å². The van der Waals surface area contributed by atoms with Crippen LogP contribution in [-0.4, -0.2) is 29.1 Å². The lowest BCUT2D eigenvalue weighted by Crippen LogP contribution is -2.19. The smallest absolute Gasteiger partial charge is 0.269 e. The number of nitrogens with zero attached hydrogens (tertiary/aromatic N) is 3. The molecule has 0 bridgehead atoms. The van der Waals surface area contributed by atoms with Crippen LogP contribution in [0.15, 0.2) is 65.8 Å². The highest BCUT2D eigenvalue weighted by molar-refractivity contribution is 14.1. The number of nitrogens with one attached hydrogen (secondary N) is 1. The van der Waals surface area contributed by atoms with Crippen molar-refractivity contribution in [2.75, 3.05) is 7.11 Å². The molecule has 0 heterocycles. The summed E-state index contributed by atoms with van der Waals surface area (Å²) in [5, 5.41) is 25.4. The summed E-state index contributed by atoms with van der Waals surface area (Å²) in [6.07, 6.45) is 1.48. The molecule has 180 valence electrons. The number of benzene rings is 3. The molecular weight excluding hydrogens is 571 g/mol. The topological polar surface area (TPSA) is 146 Å². The Hall–Kier alpha value is -4.07. The summed E-state index contributed by atoms with van der Waals surface area (Å²) in [6, 6.07) is 15.3. The summed E-state index contributed by atoms with van der Waals surface area (Å²) in [5.41, 5.74) is 4.42. The maximum absolute atomic E-state index is 12.1. The van der Waals surface area contributed by atoms with Gasteiger partial charge in [0.1, 0.15) is 6.61 Å². The summed E-state index contributed by atoms with van der Waals surface area (Å²) in [6.45, 7) is 0.191. The van der Waals surface area contributed by atoms with Crippen LogP contribution in [0.5, 0.6) is 11.5 Å². The zero-order chi connectivity index (χ0) is 25.4. The molecule has 0 aromatic heterocycles. The van der Waals surface area contributed by atoms with Crippen LogP contribution < -0.4 is 14.9 Å². The number of rotatable bonds is 10. The molecule has 1 N–H and O–H groups in total. The largest absolute Gasteiger partial charge is 0.493 e. The Kier molecular flexibility index (Phi) is 8.67. The molecule has 0 aliphatic heterocycles. The number of ether oxygens (including phenoxy) is 2. The van der Waals surface area contributed by atoms with Crippen molar-refractivity contribution in [3.05, 3.63) is 101 Å². The number of hydrogen-bond acceptors (Lipinski definition) is 8. The van der Waals surface area contributed by atoms with Gasteiger partial charge in [0.25, 0.3) is 11.4 Å². The minimum absolute atomic E-state index is 0.00406. The molecule has 0 atom stereocenters. The summed E-state index contributed by atoms with van der Waals surface area (Å²) in [4.78, 5) is 32.6. The molecule has 3 rings (SSSR count). The zero-order valence-corrected chi connectivity index (χ0v) is 20.5. The van der Waals surface area contributed by atoms with Crippen LogP contribution in [0.3, 0.4) is 0 Å². The molecule has 0 saturated heterocycles. The van der Waals surface area contributed by atoms with E-state index in [0.717, 1.165) is 9.13 Å². The third kappa shape index (κ3) is 7.20. The SMILES string of the molecule is COc1cc(/C=N\NC(=O)Cc2ccc([N+](=O)[O-])cc2)cc(I)c1OCc1ccc([N+](=O)[O-])cc1. The van der Waals surface area contributed by atoms with Gasteiger partial charge in [-0.1, -0.05) is 12.1 Å². The highest BCUT2D eigenvalue weighted by Crippen LogP contribution is 2.34. The van der Waals surface area contributed by atoms with Gasteiger partial charge < -0.3 is 9.47 Å². The molecule has 0 aliphatic rings. The lowest BCUT2D eigenvalue weighted by molar-refractivity contribution is -0.385. The summed E-state index contributed by atoms with van der Waals surface area (Å²) in [5.74, 6) is 0.586. The molecule has 3 aromatic rings. The van der Waals surface area contributed by atoms with E-state index < -0.39 is 9.85 Å². The molecule has 35 heavy (non-hydrogen) atoms. The lowest BCUT2D eigenvalue weighted by Gasteiger charge is -2.13. The van der Waals surface area contributed by atoms with E-state index in [4.69, 9.17) is 9.47 Å². The van der Waals surface area contributed by atoms with E-state index in [0.29, 0.717) is 22.6 Å². The van der Waals surface area contributed by atoms with Crippen molar-refractivity contribution in [2.45, 2.75) is 13.0 Å². The van der Waals surface area contributed by atoms with E-state index >= 15 is 0 Å². The van der Waals surface area contributed by atoms with Crippen LogP contribution in [0.25, 0.3) is 0 Å². The second-order valence-electron chi connectivity index (χ2n) is 7.14. The van der Waals surface area contributed by atoms with Crippen molar-refractivity contribution < 1.29 is 24.1 Å². The van der Waals surface area contributed by atoms with Crippen molar-refractivity contribution >= 4 is 46.1 Å². The fourth-order valence-corrected chi connectivity index (χ4v) is 3.74. The van der Waals surface area contributed by atoms with Gasteiger partial charge in [-0.3, -0.25) is 25.0 Å².